The van der Waals surface area contributed by atoms with Gasteiger partial charge in [-0.15, -0.1) is 24.0 Å². The molecule has 2 aromatic rings. The molecule has 1 unspecified atom stereocenters. The van der Waals surface area contributed by atoms with Gasteiger partial charge in [-0.25, -0.2) is 0 Å². The number of benzene rings is 1. The molecule has 1 amide bonds. The van der Waals surface area contributed by atoms with Crippen LogP contribution in [0.5, 0.6) is 0 Å². The first-order valence-electron chi connectivity index (χ1n) is 9.65. The van der Waals surface area contributed by atoms with Crippen molar-refractivity contribution in [1.29, 1.82) is 0 Å². The van der Waals surface area contributed by atoms with Crippen LogP contribution in [0.1, 0.15) is 22.5 Å². The Hall–Kier alpha value is -2.07. The predicted octanol–water partition coefficient (Wildman–Crippen LogP) is 2.74. The summed E-state index contributed by atoms with van der Waals surface area (Å²) in [7, 11) is 1.78. The molecule has 1 fully saturated rings. The molecule has 29 heavy (non-hydrogen) atoms. The molecule has 2 N–H and O–H groups in total. The molecule has 1 aromatic heterocycles. The van der Waals surface area contributed by atoms with Gasteiger partial charge in [0.2, 0.25) is 0 Å². The number of rotatable bonds is 8. The van der Waals surface area contributed by atoms with Gasteiger partial charge in [-0.1, -0.05) is 30.3 Å². The van der Waals surface area contributed by atoms with E-state index in [4.69, 9.17) is 9.15 Å². The van der Waals surface area contributed by atoms with Gasteiger partial charge in [0, 0.05) is 39.1 Å². The van der Waals surface area contributed by atoms with E-state index >= 15 is 0 Å². The molecule has 0 saturated carbocycles. The number of guanidine groups is 1. The fraction of sp³-hybridized carbons (Fsp3) is 0.429. The number of ether oxygens (including phenoxy) is 1. The third-order valence-corrected chi connectivity index (χ3v) is 4.70. The van der Waals surface area contributed by atoms with Crippen molar-refractivity contribution in [1.82, 2.24) is 15.5 Å². The zero-order valence-electron chi connectivity index (χ0n) is 16.7. The number of aliphatic imine (C=N–C) groups is 1. The third-order valence-electron chi connectivity index (χ3n) is 4.70. The Bertz CT molecular complexity index is 753. The number of hydrogen-bond donors (Lipinski definition) is 2. The second kappa shape index (κ2) is 12.5. The van der Waals surface area contributed by atoms with Crippen LogP contribution in [0.3, 0.4) is 0 Å². The molecule has 1 aliphatic heterocycles. The molecule has 0 bridgehead atoms. The molecule has 1 aliphatic rings. The molecule has 1 atom stereocenters. The largest absolute Gasteiger partial charge is 0.459 e. The predicted molar refractivity (Wildman–Crippen MR) is 124 cm³/mol. The number of nitrogens with zero attached hydrogens (tertiary/aromatic N) is 2. The Morgan fingerprint density at radius 2 is 2.00 bits per heavy atom. The van der Waals surface area contributed by atoms with Gasteiger partial charge in [-0.2, -0.15) is 0 Å². The van der Waals surface area contributed by atoms with E-state index in [0.717, 1.165) is 32.1 Å². The molecular weight excluding hydrogens is 483 g/mol. The molecule has 0 aliphatic carbocycles. The van der Waals surface area contributed by atoms with Crippen molar-refractivity contribution in [2.24, 2.45) is 10.9 Å². The van der Waals surface area contributed by atoms with Gasteiger partial charge < -0.3 is 24.7 Å². The number of likely N-dealkylation sites (tertiary alicyclic amines) is 1. The summed E-state index contributed by atoms with van der Waals surface area (Å²) in [6.07, 6.45) is 2.58. The van der Waals surface area contributed by atoms with Crippen molar-refractivity contribution >= 4 is 35.8 Å². The lowest BCUT2D eigenvalue weighted by Crippen LogP contribution is -2.43. The van der Waals surface area contributed by atoms with Crippen molar-refractivity contribution in [2.45, 2.75) is 13.0 Å². The lowest BCUT2D eigenvalue weighted by Gasteiger charge is -2.21. The molecule has 7 nitrogen and oxygen atoms in total. The summed E-state index contributed by atoms with van der Waals surface area (Å²) in [5, 5.41) is 6.12. The summed E-state index contributed by atoms with van der Waals surface area (Å²) in [6, 6.07) is 13.6. The molecule has 2 heterocycles. The van der Waals surface area contributed by atoms with Crippen LogP contribution in [-0.4, -0.2) is 56.6 Å². The summed E-state index contributed by atoms with van der Waals surface area (Å²) in [4.78, 5) is 18.4. The topological polar surface area (TPSA) is 79.1 Å². The number of nitrogens with one attached hydrogen (secondary N) is 2. The summed E-state index contributed by atoms with van der Waals surface area (Å²) in [6.45, 7) is 4.38. The van der Waals surface area contributed by atoms with E-state index < -0.39 is 0 Å². The van der Waals surface area contributed by atoms with Crippen LogP contribution in [0.25, 0.3) is 0 Å². The smallest absolute Gasteiger partial charge is 0.287 e. The minimum atomic E-state index is -0.210. The number of carbonyl (C=O) groups excluding carboxylic acids is 1. The van der Waals surface area contributed by atoms with E-state index in [-0.39, 0.29) is 29.9 Å². The zero-order valence-corrected chi connectivity index (χ0v) is 19.0. The molecule has 158 valence electrons. The van der Waals surface area contributed by atoms with E-state index in [1.807, 2.05) is 18.2 Å². The maximum atomic E-state index is 11.8. The number of amides is 1. The highest BCUT2D eigenvalue weighted by atomic mass is 127. The third kappa shape index (κ3) is 7.36. The van der Waals surface area contributed by atoms with E-state index in [0.29, 0.717) is 31.4 Å². The van der Waals surface area contributed by atoms with E-state index in [2.05, 4.69) is 32.7 Å². The van der Waals surface area contributed by atoms with Crippen LogP contribution in [0, 0.1) is 5.92 Å². The summed E-state index contributed by atoms with van der Waals surface area (Å²) in [5.74, 6) is 1.47. The first-order valence-corrected chi connectivity index (χ1v) is 9.65. The van der Waals surface area contributed by atoms with Crippen molar-refractivity contribution in [3.05, 3.63) is 60.1 Å². The zero-order chi connectivity index (χ0) is 19.6. The molecule has 0 spiro atoms. The molecule has 0 radical (unpaired) electrons. The van der Waals surface area contributed by atoms with Crippen LogP contribution >= 0.6 is 24.0 Å². The van der Waals surface area contributed by atoms with Crippen LogP contribution in [0.2, 0.25) is 0 Å². The number of halogens is 1. The maximum absolute atomic E-state index is 11.8. The Morgan fingerprint density at radius 1 is 1.21 bits per heavy atom. The minimum absolute atomic E-state index is 0. The van der Waals surface area contributed by atoms with E-state index in [1.165, 1.54) is 11.8 Å². The van der Waals surface area contributed by atoms with Crippen molar-refractivity contribution in [2.75, 3.05) is 39.8 Å². The summed E-state index contributed by atoms with van der Waals surface area (Å²) >= 11 is 0. The Labute approximate surface area is 188 Å². The van der Waals surface area contributed by atoms with Crippen molar-refractivity contribution in [3.8, 4) is 0 Å². The van der Waals surface area contributed by atoms with Gasteiger partial charge in [-0.3, -0.25) is 9.79 Å². The minimum Gasteiger partial charge on any atom is -0.459 e. The van der Waals surface area contributed by atoms with Crippen molar-refractivity contribution < 1.29 is 13.9 Å². The van der Waals surface area contributed by atoms with Gasteiger partial charge in [0.05, 0.1) is 19.5 Å². The lowest BCUT2D eigenvalue weighted by molar-refractivity contribution is 0.0906. The van der Waals surface area contributed by atoms with E-state index in [9.17, 15) is 4.79 Å². The molecule has 3 rings (SSSR count). The molecular formula is C21H29IN4O3. The lowest BCUT2D eigenvalue weighted by atomic mass is 10.1. The summed E-state index contributed by atoms with van der Waals surface area (Å²) in [5.41, 5.74) is 1.20. The van der Waals surface area contributed by atoms with Crippen LogP contribution in [-0.2, 0) is 11.3 Å². The fourth-order valence-electron chi connectivity index (χ4n) is 3.26. The van der Waals surface area contributed by atoms with Gasteiger partial charge >= 0.3 is 0 Å². The highest BCUT2D eigenvalue weighted by molar-refractivity contribution is 14.0. The average Bonchev–Trinajstić information content (AvgIpc) is 3.41. The molecule has 8 heteroatoms. The fourth-order valence-corrected chi connectivity index (χ4v) is 3.26. The SMILES string of the molecule is CN=C(NCCNC(=O)c1ccco1)N1CCC(COCc2ccccc2)C1.I. The van der Waals surface area contributed by atoms with Gasteiger partial charge in [0.15, 0.2) is 11.7 Å². The Kier molecular flexibility index (Phi) is 9.99. The Morgan fingerprint density at radius 3 is 2.72 bits per heavy atom. The van der Waals surface area contributed by atoms with Crippen LogP contribution in [0.4, 0.5) is 0 Å². The first kappa shape index (κ1) is 23.2. The summed E-state index contributed by atoms with van der Waals surface area (Å²) < 4.78 is 11.0. The first-order chi connectivity index (χ1) is 13.8. The van der Waals surface area contributed by atoms with Gasteiger partial charge in [0.1, 0.15) is 0 Å². The van der Waals surface area contributed by atoms with Crippen LogP contribution in [0.15, 0.2) is 58.1 Å². The standard InChI is InChI=1S/C21H28N4O3.HI/c1-22-21(24-11-10-23-20(26)19-8-5-13-28-19)25-12-9-18(14-25)16-27-15-17-6-3-2-4-7-17;/h2-8,13,18H,9-12,14-16H2,1H3,(H,22,24)(H,23,26);1H. The maximum Gasteiger partial charge on any atom is 0.287 e. The van der Waals surface area contributed by atoms with Gasteiger partial charge in [-0.05, 0) is 24.1 Å². The average molecular weight is 512 g/mol. The highest BCUT2D eigenvalue weighted by Gasteiger charge is 2.24. The number of hydrogen-bond acceptors (Lipinski definition) is 4. The highest BCUT2D eigenvalue weighted by Crippen LogP contribution is 2.17. The molecule has 1 saturated heterocycles. The second-order valence-corrected chi connectivity index (χ2v) is 6.81. The van der Waals surface area contributed by atoms with Gasteiger partial charge in [0.25, 0.3) is 5.91 Å². The van der Waals surface area contributed by atoms with E-state index in [1.54, 1.807) is 19.2 Å². The number of furan rings is 1. The van der Waals surface area contributed by atoms with Crippen LogP contribution < -0.4 is 10.6 Å². The number of carbonyl (C=O) groups is 1. The normalized spacial score (nSPS) is 16.4. The Balaban J connectivity index is 0.00000300. The quantitative estimate of drug-likeness (QED) is 0.246. The molecule has 1 aromatic carbocycles. The van der Waals surface area contributed by atoms with Crippen molar-refractivity contribution in [3.63, 3.8) is 0 Å². The monoisotopic (exact) mass is 512 g/mol. The second-order valence-electron chi connectivity index (χ2n) is 6.81.